The van der Waals surface area contributed by atoms with Gasteiger partial charge < -0.3 is 0 Å². The van der Waals surface area contributed by atoms with Gasteiger partial charge in [-0.05, 0) is 6.07 Å². The minimum absolute atomic E-state index is 1.05. The van der Waals surface area contributed by atoms with E-state index in [9.17, 15) is 13.2 Å². The van der Waals surface area contributed by atoms with Gasteiger partial charge in [0.05, 0.1) is 0 Å². The molecule has 0 saturated carbocycles. The van der Waals surface area contributed by atoms with Crippen LogP contribution < -0.4 is 0 Å². The molecular formula is C7H9F3N2. The topological polar surface area (TPSA) is 25.8 Å². The summed E-state index contributed by atoms with van der Waals surface area (Å²) in [6.07, 6.45) is -2.33. The lowest BCUT2D eigenvalue weighted by Gasteiger charge is -2.01. The zero-order valence-corrected chi connectivity index (χ0v) is 6.76. The van der Waals surface area contributed by atoms with E-state index in [-0.39, 0.29) is 0 Å². The molecule has 0 radical (unpaired) electrons. The fourth-order valence-corrected chi connectivity index (χ4v) is 0.445. The number of alkyl halides is 3. The maximum Gasteiger partial charge on any atom is 0.451 e. The SMILES string of the molecule is CC.FC(F)(F)c1ncccn1. The summed E-state index contributed by atoms with van der Waals surface area (Å²) < 4.78 is 35.0. The average molecular weight is 178 g/mol. The molecule has 0 bridgehead atoms. The van der Waals surface area contributed by atoms with Crippen LogP contribution >= 0.6 is 0 Å². The standard InChI is InChI=1S/C5H3F3N2.C2H6/c6-5(7,8)4-9-2-1-3-10-4;1-2/h1-3H;1-2H3. The Hall–Kier alpha value is -1.13. The summed E-state index contributed by atoms with van der Waals surface area (Å²) >= 11 is 0. The zero-order valence-electron chi connectivity index (χ0n) is 6.76. The summed E-state index contributed by atoms with van der Waals surface area (Å²) in [7, 11) is 0. The van der Waals surface area contributed by atoms with Crippen LogP contribution in [0.25, 0.3) is 0 Å². The molecule has 1 rings (SSSR count). The predicted octanol–water partition coefficient (Wildman–Crippen LogP) is 2.52. The van der Waals surface area contributed by atoms with Crippen LogP contribution in [0.2, 0.25) is 0 Å². The first-order valence-corrected chi connectivity index (χ1v) is 3.45. The third kappa shape index (κ3) is 3.32. The van der Waals surface area contributed by atoms with Gasteiger partial charge in [-0.2, -0.15) is 13.2 Å². The lowest BCUT2D eigenvalue weighted by atomic mass is 10.5. The third-order valence-electron chi connectivity index (χ3n) is 0.819. The summed E-state index contributed by atoms with van der Waals surface area (Å²) in [6, 6.07) is 1.33. The molecular weight excluding hydrogens is 169 g/mol. The molecule has 1 aromatic rings. The first kappa shape index (κ1) is 10.9. The predicted molar refractivity (Wildman–Crippen MR) is 38.4 cm³/mol. The first-order chi connectivity index (χ1) is 5.61. The quantitative estimate of drug-likeness (QED) is 0.610. The molecule has 0 aliphatic carbocycles. The molecule has 1 aromatic heterocycles. The molecule has 0 N–H and O–H groups in total. The summed E-state index contributed by atoms with van der Waals surface area (Å²) in [6.45, 7) is 4.00. The van der Waals surface area contributed by atoms with Crippen LogP contribution in [0.5, 0.6) is 0 Å². The number of hydrogen-bond donors (Lipinski definition) is 0. The van der Waals surface area contributed by atoms with E-state index in [2.05, 4.69) is 9.97 Å². The molecule has 0 atom stereocenters. The van der Waals surface area contributed by atoms with Crippen LogP contribution in [0.1, 0.15) is 19.7 Å². The van der Waals surface area contributed by atoms with E-state index in [1.807, 2.05) is 13.8 Å². The minimum atomic E-state index is -4.43. The lowest BCUT2D eigenvalue weighted by molar-refractivity contribution is -0.145. The Morgan fingerprint density at radius 1 is 1.08 bits per heavy atom. The summed E-state index contributed by atoms with van der Waals surface area (Å²) in [5.41, 5.74) is 0. The minimum Gasteiger partial charge on any atom is -0.233 e. The van der Waals surface area contributed by atoms with Crippen LogP contribution in [0.4, 0.5) is 13.2 Å². The van der Waals surface area contributed by atoms with Gasteiger partial charge in [0.15, 0.2) is 0 Å². The van der Waals surface area contributed by atoms with E-state index in [1.54, 1.807) is 0 Å². The molecule has 0 aromatic carbocycles. The monoisotopic (exact) mass is 178 g/mol. The van der Waals surface area contributed by atoms with Crippen LogP contribution in [0.3, 0.4) is 0 Å². The van der Waals surface area contributed by atoms with Gasteiger partial charge in [0.1, 0.15) is 0 Å². The molecule has 2 nitrogen and oxygen atoms in total. The van der Waals surface area contributed by atoms with Gasteiger partial charge in [0, 0.05) is 12.4 Å². The highest BCUT2D eigenvalue weighted by atomic mass is 19.4. The number of nitrogens with zero attached hydrogens (tertiary/aromatic N) is 2. The molecule has 0 fully saturated rings. The van der Waals surface area contributed by atoms with Crippen molar-refractivity contribution in [3.05, 3.63) is 24.3 Å². The van der Waals surface area contributed by atoms with Crippen molar-refractivity contribution in [3.63, 3.8) is 0 Å². The number of hydrogen-bond acceptors (Lipinski definition) is 2. The van der Waals surface area contributed by atoms with Crippen molar-refractivity contribution < 1.29 is 13.2 Å². The summed E-state index contributed by atoms with van der Waals surface area (Å²) in [4.78, 5) is 6.03. The Morgan fingerprint density at radius 2 is 1.50 bits per heavy atom. The Balaban J connectivity index is 0.000000561. The van der Waals surface area contributed by atoms with Gasteiger partial charge >= 0.3 is 6.18 Å². The molecule has 1 heterocycles. The Labute approximate surface area is 68.5 Å². The average Bonchev–Trinajstić information content (AvgIpc) is 2.08. The lowest BCUT2D eigenvalue weighted by Crippen LogP contribution is -2.09. The van der Waals surface area contributed by atoms with Gasteiger partial charge in [-0.1, -0.05) is 13.8 Å². The molecule has 0 spiro atoms. The highest BCUT2D eigenvalue weighted by molar-refractivity contribution is 4.92. The van der Waals surface area contributed by atoms with Gasteiger partial charge in [-0.15, -0.1) is 0 Å². The van der Waals surface area contributed by atoms with Crippen molar-refractivity contribution in [2.45, 2.75) is 20.0 Å². The van der Waals surface area contributed by atoms with E-state index in [0.717, 1.165) is 12.4 Å². The van der Waals surface area contributed by atoms with Crippen molar-refractivity contribution in [3.8, 4) is 0 Å². The smallest absolute Gasteiger partial charge is 0.233 e. The third-order valence-corrected chi connectivity index (χ3v) is 0.819. The zero-order chi connectivity index (χ0) is 9.61. The van der Waals surface area contributed by atoms with Crippen molar-refractivity contribution >= 4 is 0 Å². The van der Waals surface area contributed by atoms with E-state index in [4.69, 9.17) is 0 Å². The van der Waals surface area contributed by atoms with Crippen LogP contribution in [0, 0.1) is 0 Å². The fraction of sp³-hybridized carbons (Fsp3) is 0.429. The van der Waals surface area contributed by atoms with Crippen LogP contribution in [-0.4, -0.2) is 9.97 Å². The first-order valence-electron chi connectivity index (χ1n) is 3.45. The van der Waals surface area contributed by atoms with Gasteiger partial charge in [-0.3, -0.25) is 0 Å². The number of aromatic nitrogens is 2. The second-order valence-corrected chi connectivity index (χ2v) is 1.57. The molecule has 0 aliphatic rings. The van der Waals surface area contributed by atoms with Crippen molar-refractivity contribution in [1.29, 1.82) is 0 Å². The molecule has 0 saturated heterocycles. The van der Waals surface area contributed by atoms with Gasteiger partial charge in [0.2, 0.25) is 5.82 Å². The molecule has 0 unspecified atom stereocenters. The fourth-order valence-electron chi connectivity index (χ4n) is 0.445. The van der Waals surface area contributed by atoms with Gasteiger partial charge in [-0.25, -0.2) is 9.97 Å². The Morgan fingerprint density at radius 3 is 1.75 bits per heavy atom. The maximum atomic E-state index is 11.7. The van der Waals surface area contributed by atoms with E-state index >= 15 is 0 Å². The molecule has 5 heteroatoms. The second kappa shape index (κ2) is 4.69. The highest BCUT2D eigenvalue weighted by Crippen LogP contribution is 2.24. The highest BCUT2D eigenvalue weighted by Gasteiger charge is 2.33. The number of halogens is 3. The second-order valence-electron chi connectivity index (χ2n) is 1.57. The van der Waals surface area contributed by atoms with Crippen LogP contribution in [-0.2, 0) is 6.18 Å². The van der Waals surface area contributed by atoms with Crippen molar-refractivity contribution in [1.82, 2.24) is 9.97 Å². The van der Waals surface area contributed by atoms with E-state index < -0.39 is 12.0 Å². The molecule has 68 valence electrons. The van der Waals surface area contributed by atoms with Crippen LogP contribution in [0.15, 0.2) is 18.5 Å². The van der Waals surface area contributed by atoms with Gasteiger partial charge in [0.25, 0.3) is 0 Å². The molecule has 0 aliphatic heterocycles. The van der Waals surface area contributed by atoms with Crippen molar-refractivity contribution in [2.75, 3.05) is 0 Å². The summed E-state index contributed by atoms with van der Waals surface area (Å²) in [5, 5.41) is 0. The molecule has 0 amide bonds. The maximum absolute atomic E-state index is 11.7. The molecule has 12 heavy (non-hydrogen) atoms. The van der Waals surface area contributed by atoms with E-state index in [0.29, 0.717) is 0 Å². The normalized spacial score (nSPS) is 10.1. The summed E-state index contributed by atoms with van der Waals surface area (Å²) in [5.74, 6) is -1.10. The Kier molecular flexibility index (Phi) is 4.25. The van der Waals surface area contributed by atoms with E-state index in [1.165, 1.54) is 6.07 Å². The Bertz CT molecular complexity index is 208. The van der Waals surface area contributed by atoms with Crippen molar-refractivity contribution in [2.24, 2.45) is 0 Å². The largest absolute Gasteiger partial charge is 0.451 e. The number of rotatable bonds is 0.